The summed E-state index contributed by atoms with van der Waals surface area (Å²) in [4.78, 5) is 111. The van der Waals surface area contributed by atoms with E-state index < -0.39 is 42.4 Å². The minimum absolute atomic E-state index is 0. The van der Waals surface area contributed by atoms with Gasteiger partial charge in [0.05, 0.1) is 93.0 Å². The lowest BCUT2D eigenvalue weighted by atomic mass is 9.99. The Morgan fingerprint density at radius 1 is 0.357 bits per heavy atom. The molecule has 8 aromatic rings. The standard InChI is InChI=1S/3C25H31ClN4O4.C11H13ClN2O2.C10H11ClN2O2.C6H11NO2.ClH/c3*26-19-4-6-23(27-14-19)30-10-7-18(15-30)25(32)28-20(16-29-8-1-2-9-29)24(31)17-3-5-21-22(13-17)34-12-11-33-21;1-16-11(15)8-4-5-14(7-8)10-3-2-9(12)6-13-10;11-8-1-2-9(12-5-8)13-4-3-7(6-13)10(14)15;1-9-6(8)5-2-3-7-4-5;/h3*3-6,13-14,18,20,24,31H,1-2,7-12,15-16H2,(H,28,32);2-3,6,8H,4-5,7H2,1H3;1-2,5,7H,3-4,6H2,(H,14,15);5,7H,2-4H2,1H3;1H/t18?,20-,24-;18-,20+,24+;18-,20-,24-;;;;/m101..../s1. The van der Waals surface area contributed by atoms with Gasteiger partial charge in [-0.15, -0.1) is 12.4 Å². The molecule has 17 heterocycles. The molecule has 143 heavy (non-hydrogen) atoms. The fourth-order valence-corrected chi connectivity index (χ4v) is 20.1. The second-order valence-corrected chi connectivity index (χ2v) is 39.5. The van der Waals surface area contributed by atoms with Crippen molar-refractivity contribution in [3.8, 4) is 34.5 Å². The van der Waals surface area contributed by atoms with Gasteiger partial charge in [0, 0.05) is 123 Å². The van der Waals surface area contributed by atoms with E-state index in [4.69, 9.17) is 96.3 Å². The number of esters is 2. The fraction of sp³-hybridized carbons (Fsp3) is 0.520. The Balaban J connectivity index is 0.000000143. The molecule has 3 aromatic carbocycles. The van der Waals surface area contributed by atoms with E-state index in [1.165, 1.54) is 14.2 Å². The third-order valence-electron chi connectivity index (χ3n) is 27.5. The monoisotopic (exact) mass is 2090 g/mol. The highest BCUT2D eigenvalue weighted by atomic mass is 35.5. The van der Waals surface area contributed by atoms with Gasteiger partial charge in [-0.25, -0.2) is 24.9 Å². The summed E-state index contributed by atoms with van der Waals surface area (Å²) in [6.07, 6.45) is 17.0. The maximum Gasteiger partial charge on any atom is 0.310 e. The van der Waals surface area contributed by atoms with Gasteiger partial charge in [-0.2, -0.15) is 0 Å². The number of amides is 3. The molecule has 12 aliphatic rings. The zero-order valence-electron chi connectivity index (χ0n) is 80.5. The molecule has 0 bridgehead atoms. The second kappa shape index (κ2) is 53.5. The van der Waals surface area contributed by atoms with Crippen LogP contribution in [0.3, 0.4) is 0 Å². The van der Waals surface area contributed by atoms with Gasteiger partial charge in [-0.3, -0.25) is 28.8 Å². The van der Waals surface area contributed by atoms with Crippen LogP contribution in [-0.2, 0) is 38.2 Å². The SMILES string of the molecule is COC(=O)C1CCN(c2ccc(Cl)cn2)C1.COC(=O)C1CCNC1.Cl.O=C(N[C@H](CN1CCCC1)[C@H](O)c1ccc2c(c1)OCCO2)C1CCN(c2ccc(Cl)cn2)C1.O=C(N[C@H](CN1CCCC1)[C@H](O)c1ccc2c(c1)OCCO2)[C@@H]1CCN(c2ccc(Cl)cn2)C1.O=C(N[C@H](CN1CCCC1)[C@H](O)c1ccc2c(c1)OCCO2)[C@H]1CCN(c2ccc(Cl)cn2)C1.O=C(O)C1CCN(c2ccc(Cl)cn2)C1. The van der Waals surface area contributed by atoms with Crippen LogP contribution < -0.4 is 74.2 Å². The molecule has 12 aliphatic heterocycles. The molecule has 0 aliphatic carbocycles. The Kier molecular flexibility index (Phi) is 40.5. The number of anilines is 5. The Bertz CT molecular complexity index is 5050. The van der Waals surface area contributed by atoms with Gasteiger partial charge in [0.25, 0.3) is 0 Å². The number of likely N-dealkylation sites (tertiary alicyclic amines) is 3. The van der Waals surface area contributed by atoms with Crippen LogP contribution in [0.1, 0.15) is 112 Å². The van der Waals surface area contributed by atoms with Crippen LogP contribution in [-0.4, -0.2) is 305 Å². The number of pyridine rings is 5. The normalized spacial score (nSPS) is 21.7. The van der Waals surface area contributed by atoms with Gasteiger partial charge in [-0.05, 0) is 237 Å². The number of carboxylic acids is 1. The molecule has 0 radical (unpaired) electrons. The Labute approximate surface area is 864 Å². The van der Waals surface area contributed by atoms with Crippen molar-refractivity contribution in [3.63, 3.8) is 0 Å². The quantitative estimate of drug-likeness (QED) is 0.0233. The van der Waals surface area contributed by atoms with E-state index in [1.54, 1.807) is 43.1 Å². The molecule has 5 aromatic heterocycles. The predicted octanol–water partition coefficient (Wildman–Crippen LogP) is 11.5. The number of halogens is 6. The molecule has 9 saturated heterocycles. The fourth-order valence-electron chi connectivity index (χ4n) is 19.6. The molecule has 4 unspecified atom stereocenters. The summed E-state index contributed by atoms with van der Waals surface area (Å²) in [6, 6.07) is 33.6. The molecule has 8 N–H and O–H groups in total. The van der Waals surface area contributed by atoms with Crippen LogP contribution in [0.15, 0.2) is 146 Å². The molecule has 20 rings (SSSR count). The van der Waals surface area contributed by atoms with Gasteiger partial charge < -0.3 is 119 Å². The van der Waals surface area contributed by atoms with Gasteiger partial charge in [-0.1, -0.05) is 76.2 Å². The highest BCUT2D eigenvalue weighted by Gasteiger charge is 2.40. The number of aromatic nitrogens is 5. The van der Waals surface area contributed by atoms with Crippen molar-refractivity contribution < 1.29 is 87.1 Å². The van der Waals surface area contributed by atoms with Crippen molar-refractivity contribution in [1.82, 2.24) is 60.9 Å². The number of rotatable bonds is 26. The summed E-state index contributed by atoms with van der Waals surface area (Å²) >= 11 is 29.4. The molecule has 35 nitrogen and oxygen atoms in total. The number of aliphatic carboxylic acids is 1. The van der Waals surface area contributed by atoms with Crippen molar-refractivity contribution in [1.29, 1.82) is 0 Å². The zero-order chi connectivity index (χ0) is 99.5. The smallest absolute Gasteiger partial charge is 0.310 e. The summed E-state index contributed by atoms with van der Waals surface area (Å²) < 4.78 is 43.2. The van der Waals surface area contributed by atoms with Crippen molar-refractivity contribution in [2.45, 2.75) is 113 Å². The van der Waals surface area contributed by atoms with Crippen molar-refractivity contribution in [2.24, 2.45) is 35.5 Å². The number of carbonyl (C=O) groups is 6. The average molecular weight is 2090 g/mol. The number of hydrogen-bond acceptors (Lipinski definition) is 31. The number of carboxylic acid groups (broad SMARTS) is 1. The van der Waals surface area contributed by atoms with E-state index in [0.717, 1.165) is 185 Å². The largest absolute Gasteiger partial charge is 0.486 e. The van der Waals surface area contributed by atoms with E-state index in [-0.39, 0.29) is 77.6 Å². The maximum absolute atomic E-state index is 13.3. The lowest BCUT2D eigenvalue weighted by molar-refractivity contribution is -0.145. The number of fused-ring (bicyclic) bond motifs is 3. The molecule has 0 spiro atoms. The Morgan fingerprint density at radius 2 is 0.615 bits per heavy atom. The van der Waals surface area contributed by atoms with Gasteiger partial charge >= 0.3 is 17.9 Å². The molecule has 12 atom stereocenters. The third kappa shape index (κ3) is 30.6. The number of carbonyl (C=O) groups excluding carboxylic acids is 5. The van der Waals surface area contributed by atoms with Crippen LogP contribution in [0.4, 0.5) is 29.1 Å². The first-order valence-electron chi connectivity index (χ1n) is 49.1. The zero-order valence-corrected chi connectivity index (χ0v) is 85.1. The number of benzene rings is 3. The molecule has 9 fully saturated rings. The Morgan fingerprint density at radius 3 is 0.867 bits per heavy atom. The summed E-state index contributed by atoms with van der Waals surface area (Å²) in [5, 5.41) is 58.4. The number of ether oxygens (including phenoxy) is 8. The maximum atomic E-state index is 13.3. The van der Waals surface area contributed by atoms with E-state index in [0.29, 0.717) is 175 Å². The van der Waals surface area contributed by atoms with Gasteiger partial charge in [0.1, 0.15) is 87.0 Å². The van der Waals surface area contributed by atoms with Crippen molar-refractivity contribution in [3.05, 3.63) is 188 Å². The molecule has 772 valence electrons. The van der Waals surface area contributed by atoms with Crippen LogP contribution in [0, 0.1) is 35.5 Å². The average Bonchev–Trinajstić information content (AvgIpc) is 1.24. The predicted molar refractivity (Wildman–Crippen MR) is 548 cm³/mol. The van der Waals surface area contributed by atoms with Crippen LogP contribution in [0.5, 0.6) is 34.5 Å². The number of nitrogens with one attached hydrogen (secondary N) is 4. The number of hydrogen-bond donors (Lipinski definition) is 8. The van der Waals surface area contributed by atoms with Crippen molar-refractivity contribution in [2.75, 3.05) is 216 Å². The summed E-state index contributed by atoms with van der Waals surface area (Å²) in [7, 11) is 2.85. The van der Waals surface area contributed by atoms with E-state index in [1.807, 2.05) is 108 Å². The topological polar surface area (TPSA) is 396 Å². The molecule has 3 amide bonds. The number of nitrogens with zero attached hydrogens (tertiary/aromatic N) is 13. The first-order chi connectivity index (χ1) is 68.9. The third-order valence-corrected chi connectivity index (χ3v) is 28.6. The van der Waals surface area contributed by atoms with Crippen LogP contribution in [0.25, 0.3) is 0 Å². The minimum atomic E-state index is -0.851. The number of methoxy groups -OCH3 is 2. The summed E-state index contributed by atoms with van der Waals surface area (Å²) in [6.45, 7) is 19.3. The van der Waals surface area contributed by atoms with E-state index in [2.05, 4.69) is 85.2 Å². The minimum Gasteiger partial charge on any atom is -0.486 e. The van der Waals surface area contributed by atoms with E-state index >= 15 is 0 Å². The summed E-state index contributed by atoms with van der Waals surface area (Å²) in [5.74, 6) is 6.34. The summed E-state index contributed by atoms with van der Waals surface area (Å²) in [5.41, 5.74) is 2.14. The number of aliphatic hydroxyl groups excluding tert-OH is 3. The first kappa shape index (κ1) is 108. The second-order valence-electron chi connectivity index (χ2n) is 37.3. The molecular formula is C102H129Cl6N17O18. The first-order valence-corrected chi connectivity index (χ1v) is 51.0. The van der Waals surface area contributed by atoms with Gasteiger partial charge in [0.2, 0.25) is 17.7 Å². The van der Waals surface area contributed by atoms with E-state index in [9.17, 15) is 44.1 Å². The molecule has 41 heteroatoms. The highest BCUT2D eigenvalue weighted by molar-refractivity contribution is 6.31. The lowest BCUT2D eigenvalue weighted by Crippen LogP contribution is -2.48. The lowest BCUT2D eigenvalue weighted by Gasteiger charge is -2.30. The molecule has 0 saturated carbocycles. The molecular weight excluding hydrogens is 1960 g/mol. The highest BCUT2D eigenvalue weighted by Crippen LogP contribution is 2.40. The Hall–Kier alpha value is -10.5. The van der Waals surface area contributed by atoms with Crippen molar-refractivity contribution >= 4 is 135 Å². The van der Waals surface area contributed by atoms with Gasteiger partial charge in [0.15, 0.2) is 34.5 Å². The van der Waals surface area contributed by atoms with Crippen LogP contribution >= 0.6 is 70.4 Å². The van der Waals surface area contributed by atoms with Crippen LogP contribution in [0.2, 0.25) is 25.1 Å². The number of aliphatic hydroxyl groups is 3.